The molecular formula is C18H15Cl3N2S. The van der Waals surface area contributed by atoms with Crippen LogP contribution in [0.4, 0.5) is 0 Å². The van der Waals surface area contributed by atoms with Gasteiger partial charge in [-0.2, -0.15) is 0 Å². The third kappa shape index (κ3) is 4.50. The fourth-order valence-corrected chi connectivity index (χ4v) is 4.05. The van der Waals surface area contributed by atoms with Crippen LogP contribution in [0.15, 0.2) is 48.7 Å². The first-order chi connectivity index (χ1) is 11.6. The molecule has 1 N–H and O–H groups in total. The molecule has 6 heteroatoms. The highest BCUT2D eigenvalue weighted by Gasteiger charge is 2.08. The van der Waals surface area contributed by atoms with Gasteiger partial charge in [0.2, 0.25) is 0 Å². The SMILES string of the molecule is Clc1ccc(-c2cnc(CNCCc3ccccc3Cl)s2)c(Cl)c1. The van der Waals surface area contributed by atoms with Crippen molar-refractivity contribution in [3.63, 3.8) is 0 Å². The van der Waals surface area contributed by atoms with Crippen LogP contribution in [-0.4, -0.2) is 11.5 Å². The van der Waals surface area contributed by atoms with Gasteiger partial charge in [0.25, 0.3) is 0 Å². The summed E-state index contributed by atoms with van der Waals surface area (Å²) < 4.78 is 0. The molecule has 0 aliphatic rings. The van der Waals surface area contributed by atoms with E-state index in [0.717, 1.165) is 45.5 Å². The van der Waals surface area contributed by atoms with Gasteiger partial charge in [-0.3, -0.25) is 0 Å². The lowest BCUT2D eigenvalue weighted by atomic mass is 10.1. The molecule has 0 saturated carbocycles. The lowest BCUT2D eigenvalue weighted by Crippen LogP contribution is -2.16. The van der Waals surface area contributed by atoms with Gasteiger partial charge in [-0.05, 0) is 36.7 Å². The van der Waals surface area contributed by atoms with Crippen LogP contribution in [-0.2, 0) is 13.0 Å². The second-order valence-corrected chi connectivity index (χ2v) is 7.63. The van der Waals surface area contributed by atoms with Gasteiger partial charge in [0, 0.05) is 28.4 Å². The van der Waals surface area contributed by atoms with E-state index < -0.39 is 0 Å². The Kier molecular flexibility index (Phi) is 6.14. The van der Waals surface area contributed by atoms with Crippen LogP contribution in [0.5, 0.6) is 0 Å². The minimum absolute atomic E-state index is 0.634. The van der Waals surface area contributed by atoms with Gasteiger partial charge in [0.1, 0.15) is 5.01 Å². The van der Waals surface area contributed by atoms with Crippen molar-refractivity contribution in [1.29, 1.82) is 0 Å². The van der Waals surface area contributed by atoms with Crippen molar-refractivity contribution < 1.29 is 0 Å². The maximum absolute atomic E-state index is 6.25. The van der Waals surface area contributed by atoms with Gasteiger partial charge in [-0.1, -0.05) is 59.1 Å². The molecule has 2 nitrogen and oxygen atoms in total. The zero-order chi connectivity index (χ0) is 16.9. The van der Waals surface area contributed by atoms with Crippen LogP contribution in [0, 0.1) is 0 Å². The molecule has 1 heterocycles. The lowest BCUT2D eigenvalue weighted by Gasteiger charge is -2.05. The van der Waals surface area contributed by atoms with E-state index in [-0.39, 0.29) is 0 Å². The maximum atomic E-state index is 6.25. The predicted octanol–water partition coefficient (Wildman–Crippen LogP) is 6.10. The number of thiazole rings is 1. The van der Waals surface area contributed by atoms with Crippen molar-refractivity contribution in [3.05, 3.63) is 74.3 Å². The van der Waals surface area contributed by atoms with Crippen molar-refractivity contribution >= 4 is 46.1 Å². The van der Waals surface area contributed by atoms with E-state index in [9.17, 15) is 0 Å². The summed E-state index contributed by atoms with van der Waals surface area (Å²) in [5.41, 5.74) is 2.11. The first-order valence-electron chi connectivity index (χ1n) is 7.48. The first-order valence-corrected chi connectivity index (χ1v) is 9.43. The second-order valence-electron chi connectivity index (χ2n) is 5.26. The Hall–Kier alpha value is -1.10. The zero-order valence-corrected chi connectivity index (χ0v) is 15.8. The van der Waals surface area contributed by atoms with Crippen LogP contribution >= 0.6 is 46.1 Å². The van der Waals surface area contributed by atoms with Crippen LogP contribution in [0.2, 0.25) is 15.1 Å². The highest BCUT2D eigenvalue weighted by molar-refractivity contribution is 7.15. The minimum Gasteiger partial charge on any atom is -0.310 e. The van der Waals surface area contributed by atoms with E-state index in [1.165, 1.54) is 0 Å². The summed E-state index contributed by atoms with van der Waals surface area (Å²) in [6, 6.07) is 13.4. The highest BCUT2D eigenvalue weighted by atomic mass is 35.5. The Morgan fingerprint density at radius 3 is 2.62 bits per heavy atom. The van der Waals surface area contributed by atoms with Crippen LogP contribution in [0.25, 0.3) is 10.4 Å². The molecule has 0 spiro atoms. The molecular weight excluding hydrogens is 383 g/mol. The van der Waals surface area contributed by atoms with E-state index in [1.54, 1.807) is 17.4 Å². The van der Waals surface area contributed by atoms with Crippen LogP contribution in [0.1, 0.15) is 10.6 Å². The fraction of sp³-hybridized carbons (Fsp3) is 0.167. The molecule has 24 heavy (non-hydrogen) atoms. The summed E-state index contributed by atoms with van der Waals surface area (Å²) in [7, 11) is 0. The number of halogens is 3. The number of nitrogens with zero attached hydrogens (tertiary/aromatic N) is 1. The number of nitrogens with one attached hydrogen (secondary N) is 1. The van der Waals surface area contributed by atoms with Gasteiger partial charge >= 0.3 is 0 Å². The van der Waals surface area contributed by atoms with Crippen molar-refractivity contribution in [2.45, 2.75) is 13.0 Å². The molecule has 0 radical (unpaired) electrons. The van der Waals surface area contributed by atoms with Gasteiger partial charge in [-0.15, -0.1) is 11.3 Å². The van der Waals surface area contributed by atoms with Crippen LogP contribution < -0.4 is 5.32 Å². The van der Waals surface area contributed by atoms with E-state index in [1.807, 2.05) is 42.6 Å². The molecule has 0 aliphatic heterocycles. The average molecular weight is 398 g/mol. The zero-order valence-electron chi connectivity index (χ0n) is 12.7. The number of rotatable bonds is 6. The van der Waals surface area contributed by atoms with Gasteiger partial charge in [0.15, 0.2) is 0 Å². The Morgan fingerprint density at radius 1 is 1.00 bits per heavy atom. The topological polar surface area (TPSA) is 24.9 Å². The quantitative estimate of drug-likeness (QED) is 0.508. The first kappa shape index (κ1) is 17.7. The number of hydrogen-bond acceptors (Lipinski definition) is 3. The molecule has 3 aromatic rings. The third-order valence-electron chi connectivity index (χ3n) is 3.56. The van der Waals surface area contributed by atoms with E-state index in [4.69, 9.17) is 34.8 Å². The van der Waals surface area contributed by atoms with E-state index in [0.29, 0.717) is 10.0 Å². The van der Waals surface area contributed by atoms with E-state index in [2.05, 4.69) is 10.3 Å². The van der Waals surface area contributed by atoms with Crippen LogP contribution in [0.3, 0.4) is 0 Å². The van der Waals surface area contributed by atoms with Crippen molar-refractivity contribution in [2.75, 3.05) is 6.54 Å². The molecule has 124 valence electrons. The van der Waals surface area contributed by atoms with Crippen molar-refractivity contribution in [2.24, 2.45) is 0 Å². The molecule has 0 atom stereocenters. The van der Waals surface area contributed by atoms with Gasteiger partial charge in [0.05, 0.1) is 9.90 Å². The summed E-state index contributed by atoms with van der Waals surface area (Å²) in [4.78, 5) is 5.50. The third-order valence-corrected chi connectivity index (χ3v) is 5.50. The molecule has 0 amide bonds. The standard InChI is InChI=1S/C18H15Cl3N2S/c19-13-5-6-14(16(21)9-13)17-10-23-18(24-17)11-22-8-7-12-3-1-2-4-15(12)20/h1-6,9-10,22H,7-8,11H2. The molecule has 0 bridgehead atoms. The lowest BCUT2D eigenvalue weighted by molar-refractivity contribution is 0.684. The molecule has 3 rings (SSSR count). The van der Waals surface area contributed by atoms with E-state index >= 15 is 0 Å². The summed E-state index contributed by atoms with van der Waals surface area (Å²) in [5, 5.41) is 6.51. The Labute approximate surface area is 160 Å². The molecule has 2 aromatic carbocycles. The smallest absolute Gasteiger partial charge is 0.107 e. The van der Waals surface area contributed by atoms with Crippen molar-refractivity contribution in [3.8, 4) is 10.4 Å². The maximum Gasteiger partial charge on any atom is 0.107 e. The summed E-state index contributed by atoms with van der Waals surface area (Å²) in [6.07, 6.45) is 2.74. The van der Waals surface area contributed by atoms with Gasteiger partial charge < -0.3 is 5.32 Å². The number of aromatic nitrogens is 1. The van der Waals surface area contributed by atoms with Gasteiger partial charge in [-0.25, -0.2) is 4.98 Å². The highest BCUT2D eigenvalue weighted by Crippen LogP contribution is 2.33. The molecule has 0 aliphatic carbocycles. The Bertz CT molecular complexity index is 833. The molecule has 0 unspecified atom stereocenters. The predicted molar refractivity (Wildman–Crippen MR) is 104 cm³/mol. The largest absolute Gasteiger partial charge is 0.310 e. The average Bonchev–Trinajstić information content (AvgIpc) is 3.01. The summed E-state index contributed by atoms with van der Waals surface area (Å²) >= 11 is 20.0. The Morgan fingerprint density at radius 2 is 1.83 bits per heavy atom. The fourth-order valence-electron chi connectivity index (χ4n) is 2.33. The normalized spacial score (nSPS) is 11.0. The summed E-state index contributed by atoms with van der Waals surface area (Å²) in [5.74, 6) is 0. The molecule has 0 saturated heterocycles. The summed E-state index contributed by atoms with van der Waals surface area (Å²) in [6.45, 7) is 1.57. The monoisotopic (exact) mass is 396 g/mol. The number of hydrogen-bond donors (Lipinski definition) is 1. The second kappa shape index (κ2) is 8.32. The number of benzene rings is 2. The molecule has 1 aromatic heterocycles. The van der Waals surface area contributed by atoms with Crippen molar-refractivity contribution in [1.82, 2.24) is 10.3 Å². The Balaban J connectivity index is 1.56. The minimum atomic E-state index is 0.634. The molecule has 0 fully saturated rings.